The van der Waals surface area contributed by atoms with Crippen molar-refractivity contribution in [3.05, 3.63) is 35.4 Å². The monoisotopic (exact) mass is 348 g/mol. The van der Waals surface area contributed by atoms with E-state index < -0.39 is 17.6 Å². The third kappa shape index (κ3) is 6.57. The predicted octanol–water partition coefficient (Wildman–Crippen LogP) is 2.71. The maximum Gasteiger partial charge on any atom is 0.305 e. The summed E-state index contributed by atoms with van der Waals surface area (Å²) in [5, 5.41) is 14.8. The first kappa shape index (κ1) is 20.7. The van der Waals surface area contributed by atoms with Crippen LogP contribution in [0.4, 0.5) is 0 Å². The summed E-state index contributed by atoms with van der Waals surface area (Å²) in [5.74, 6) is -1.44. The first-order valence-corrected chi connectivity index (χ1v) is 8.57. The number of carboxylic acids is 1. The van der Waals surface area contributed by atoms with Gasteiger partial charge in [0.1, 0.15) is 0 Å². The minimum atomic E-state index is -0.944. The number of aliphatic carboxylic acids is 1. The number of aryl methyl sites for hydroxylation is 1. The minimum Gasteiger partial charge on any atom is -0.481 e. The van der Waals surface area contributed by atoms with Crippen LogP contribution in [0.2, 0.25) is 0 Å². The lowest BCUT2D eigenvalue weighted by Crippen LogP contribution is -2.49. The van der Waals surface area contributed by atoms with E-state index in [9.17, 15) is 14.4 Å². The zero-order valence-electron chi connectivity index (χ0n) is 15.4. The Bertz CT molecular complexity index is 606. The zero-order chi connectivity index (χ0) is 19.0. The highest BCUT2D eigenvalue weighted by Crippen LogP contribution is 2.22. The lowest BCUT2D eigenvalue weighted by Gasteiger charge is -2.32. The van der Waals surface area contributed by atoms with E-state index in [-0.39, 0.29) is 24.7 Å². The van der Waals surface area contributed by atoms with E-state index in [1.54, 1.807) is 0 Å². The molecule has 1 atom stereocenters. The molecule has 1 aromatic rings. The van der Waals surface area contributed by atoms with Gasteiger partial charge < -0.3 is 15.7 Å². The highest BCUT2D eigenvalue weighted by molar-refractivity contribution is 5.80. The number of carbonyl (C=O) groups is 3. The average molecular weight is 348 g/mol. The topological polar surface area (TPSA) is 95.5 Å². The standard InChI is InChI=1S/C19H28N2O4/c1-5-19(6-2,12-18(24)25)21-17(23)11-16(20-14(4)22)15-9-7-13(3)8-10-15/h7-10,16H,5-6,11-12H2,1-4H3,(H,20,22)(H,21,23)(H,24,25). The van der Waals surface area contributed by atoms with Crippen molar-refractivity contribution in [2.45, 2.75) is 65.0 Å². The van der Waals surface area contributed by atoms with Gasteiger partial charge in [0.05, 0.1) is 18.9 Å². The second kappa shape index (κ2) is 9.20. The van der Waals surface area contributed by atoms with Gasteiger partial charge in [0.25, 0.3) is 0 Å². The van der Waals surface area contributed by atoms with Gasteiger partial charge in [0, 0.05) is 12.5 Å². The molecule has 1 unspecified atom stereocenters. The molecule has 0 saturated heterocycles. The van der Waals surface area contributed by atoms with Crippen molar-refractivity contribution < 1.29 is 19.5 Å². The van der Waals surface area contributed by atoms with Gasteiger partial charge in [-0.2, -0.15) is 0 Å². The van der Waals surface area contributed by atoms with Crippen LogP contribution in [0.1, 0.15) is 63.6 Å². The van der Waals surface area contributed by atoms with Gasteiger partial charge in [-0.25, -0.2) is 0 Å². The Hall–Kier alpha value is -2.37. The molecule has 0 fully saturated rings. The van der Waals surface area contributed by atoms with E-state index in [1.807, 2.05) is 45.0 Å². The van der Waals surface area contributed by atoms with Crippen molar-refractivity contribution in [1.29, 1.82) is 0 Å². The first-order valence-electron chi connectivity index (χ1n) is 8.57. The van der Waals surface area contributed by atoms with Crippen LogP contribution >= 0.6 is 0 Å². The molecule has 1 rings (SSSR count). The van der Waals surface area contributed by atoms with Crippen LogP contribution in [0.5, 0.6) is 0 Å². The molecule has 0 aliphatic rings. The van der Waals surface area contributed by atoms with Crippen molar-refractivity contribution in [3.8, 4) is 0 Å². The highest BCUT2D eigenvalue weighted by Gasteiger charge is 2.31. The summed E-state index contributed by atoms with van der Waals surface area (Å²) in [6.07, 6.45) is 0.985. The summed E-state index contributed by atoms with van der Waals surface area (Å²) in [5.41, 5.74) is 1.16. The number of amides is 2. The second-order valence-electron chi connectivity index (χ2n) is 6.47. The lowest BCUT2D eigenvalue weighted by molar-refractivity contribution is -0.139. The first-order chi connectivity index (χ1) is 11.7. The minimum absolute atomic E-state index is 0.0595. The average Bonchev–Trinajstić information content (AvgIpc) is 2.53. The van der Waals surface area contributed by atoms with E-state index >= 15 is 0 Å². The fourth-order valence-electron chi connectivity index (χ4n) is 2.84. The van der Waals surface area contributed by atoms with Crippen molar-refractivity contribution in [3.63, 3.8) is 0 Å². The van der Waals surface area contributed by atoms with Crippen LogP contribution in [0.15, 0.2) is 24.3 Å². The van der Waals surface area contributed by atoms with Crippen LogP contribution in [-0.4, -0.2) is 28.4 Å². The maximum atomic E-state index is 12.5. The maximum absolute atomic E-state index is 12.5. The smallest absolute Gasteiger partial charge is 0.305 e. The van der Waals surface area contributed by atoms with Gasteiger partial charge in [-0.05, 0) is 25.3 Å². The molecule has 6 heteroatoms. The molecule has 0 saturated carbocycles. The summed E-state index contributed by atoms with van der Waals surface area (Å²) in [6, 6.07) is 7.17. The molecule has 1 aromatic carbocycles. The third-order valence-corrected chi connectivity index (χ3v) is 4.49. The van der Waals surface area contributed by atoms with Gasteiger partial charge in [-0.3, -0.25) is 14.4 Å². The van der Waals surface area contributed by atoms with Gasteiger partial charge in [0.15, 0.2) is 0 Å². The fraction of sp³-hybridized carbons (Fsp3) is 0.526. The zero-order valence-corrected chi connectivity index (χ0v) is 15.4. The Morgan fingerprint density at radius 1 is 1.12 bits per heavy atom. The quantitative estimate of drug-likeness (QED) is 0.639. The molecule has 0 aromatic heterocycles. The fourth-order valence-corrected chi connectivity index (χ4v) is 2.84. The van der Waals surface area contributed by atoms with E-state index in [0.717, 1.165) is 11.1 Å². The molecule has 3 N–H and O–H groups in total. The molecule has 0 aliphatic heterocycles. The molecular weight excluding hydrogens is 320 g/mol. The molecule has 138 valence electrons. The molecule has 6 nitrogen and oxygen atoms in total. The van der Waals surface area contributed by atoms with E-state index in [4.69, 9.17) is 5.11 Å². The van der Waals surface area contributed by atoms with E-state index in [0.29, 0.717) is 12.8 Å². The Kier molecular flexibility index (Phi) is 7.61. The molecule has 25 heavy (non-hydrogen) atoms. The number of hydrogen-bond acceptors (Lipinski definition) is 3. The van der Waals surface area contributed by atoms with Crippen LogP contribution in [0.25, 0.3) is 0 Å². The normalized spacial score (nSPS) is 12.3. The summed E-state index contributed by atoms with van der Waals surface area (Å²) in [7, 11) is 0. The molecule has 0 spiro atoms. The Labute approximate surface area is 149 Å². The van der Waals surface area contributed by atoms with Gasteiger partial charge in [-0.15, -0.1) is 0 Å². The van der Waals surface area contributed by atoms with Crippen molar-refractivity contribution >= 4 is 17.8 Å². The molecule has 0 aliphatic carbocycles. The summed E-state index contributed by atoms with van der Waals surface area (Å²) in [6.45, 7) is 7.09. The van der Waals surface area contributed by atoms with Crippen molar-refractivity contribution in [1.82, 2.24) is 10.6 Å². The van der Waals surface area contributed by atoms with Crippen molar-refractivity contribution in [2.24, 2.45) is 0 Å². The van der Waals surface area contributed by atoms with Gasteiger partial charge in [-0.1, -0.05) is 43.7 Å². The number of hydrogen-bond donors (Lipinski definition) is 3. The third-order valence-electron chi connectivity index (χ3n) is 4.49. The largest absolute Gasteiger partial charge is 0.481 e. The number of carboxylic acid groups (broad SMARTS) is 1. The van der Waals surface area contributed by atoms with Crippen LogP contribution < -0.4 is 10.6 Å². The molecule has 0 heterocycles. The Balaban J connectivity index is 2.91. The summed E-state index contributed by atoms with van der Waals surface area (Å²) in [4.78, 5) is 35.2. The lowest BCUT2D eigenvalue weighted by atomic mass is 9.88. The molecule has 0 bridgehead atoms. The number of carbonyl (C=O) groups excluding carboxylic acids is 2. The number of nitrogens with one attached hydrogen (secondary N) is 2. The van der Waals surface area contributed by atoms with Crippen LogP contribution in [0, 0.1) is 6.92 Å². The SMILES string of the molecule is CCC(CC)(CC(=O)O)NC(=O)CC(NC(C)=O)c1ccc(C)cc1. The van der Waals surface area contributed by atoms with Crippen LogP contribution in [0.3, 0.4) is 0 Å². The number of rotatable bonds is 9. The highest BCUT2D eigenvalue weighted by atomic mass is 16.4. The second-order valence-corrected chi connectivity index (χ2v) is 6.47. The summed E-state index contributed by atoms with van der Waals surface area (Å²) >= 11 is 0. The number of benzene rings is 1. The van der Waals surface area contributed by atoms with E-state index in [2.05, 4.69) is 10.6 Å². The summed E-state index contributed by atoms with van der Waals surface area (Å²) < 4.78 is 0. The van der Waals surface area contributed by atoms with Crippen LogP contribution in [-0.2, 0) is 14.4 Å². The molecular formula is C19H28N2O4. The van der Waals surface area contributed by atoms with Gasteiger partial charge in [0.2, 0.25) is 11.8 Å². The predicted molar refractivity (Wildman–Crippen MR) is 96.1 cm³/mol. The Morgan fingerprint density at radius 3 is 2.12 bits per heavy atom. The molecule has 2 amide bonds. The molecule has 0 radical (unpaired) electrons. The van der Waals surface area contributed by atoms with Gasteiger partial charge >= 0.3 is 5.97 Å². The van der Waals surface area contributed by atoms with Crippen molar-refractivity contribution in [2.75, 3.05) is 0 Å². The Morgan fingerprint density at radius 2 is 1.68 bits per heavy atom. The van der Waals surface area contributed by atoms with E-state index in [1.165, 1.54) is 6.92 Å².